The van der Waals surface area contributed by atoms with E-state index >= 15 is 0 Å². The highest BCUT2D eigenvalue weighted by molar-refractivity contribution is 5.94. The average molecular weight is 426 g/mol. The molecule has 1 fully saturated rings. The lowest BCUT2D eigenvalue weighted by Gasteiger charge is -2.35. The Hall–Kier alpha value is -2.73. The zero-order valence-corrected chi connectivity index (χ0v) is 18.7. The Labute approximate surface area is 184 Å². The summed E-state index contributed by atoms with van der Waals surface area (Å²) in [7, 11) is 3.95. The molecule has 0 radical (unpaired) electrons. The molecule has 0 saturated carbocycles. The van der Waals surface area contributed by atoms with Crippen molar-refractivity contribution < 1.29 is 14.0 Å². The van der Waals surface area contributed by atoms with Gasteiger partial charge in [-0.2, -0.15) is 0 Å². The van der Waals surface area contributed by atoms with E-state index < -0.39 is 0 Å². The number of likely N-dealkylation sites (N-methyl/N-ethyl adjacent to an activating group) is 1. The fourth-order valence-electron chi connectivity index (χ4n) is 3.90. The van der Waals surface area contributed by atoms with Crippen molar-refractivity contribution in [2.45, 2.75) is 26.3 Å². The number of nitrogens with zero attached hydrogens (tertiary/aromatic N) is 3. The maximum absolute atomic E-state index is 13.4. The van der Waals surface area contributed by atoms with Crippen LogP contribution < -0.4 is 0 Å². The fourth-order valence-corrected chi connectivity index (χ4v) is 3.90. The Morgan fingerprint density at radius 3 is 2.35 bits per heavy atom. The molecule has 0 aromatic heterocycles. The van der Waals surface area contributed by atoms with Gasteiger partial charge in [0.25, 0.3) is 5.91 Å². The third-order valence-electron chi connectivity index (χ3n) is 5.77. The molecular weight excluding hydrogens is 393 g/mol. The number of amides is 2. The molecule has 1 heterocycles. The number of hydrogen-bond acceptors (Lipinski definition) is 3. The summed E-state index contributed by atoms with van der Waals surface area (Å²) in [5, 5.41) is 0. The second-order valence-corrected chi connectivity index (χ2v) is 8.65. The summed E-state index contributed by atoms with van der Waals surface area (Å²) in [6.07, 6.45) is 1.59. The summed E-state index contributed by atoms with van der Waals surface area (Å²) >= 11 is 0. The minimum Gasteiger partial charge on any atom is -0.338 e. The molecule has 6 heteroatoms. The van der Waals surface area contributed by atoms with Crippen LogP contribution in [0.1, 0.15) is 34.3 Å². The first-order valence-electron chi connectivity index (χ1n) is 10.9. The minimum atomic E-state index is -0.285. The Bertz CT molecular complexity index is 881. The van der Waals surface area contributed by atoms with E-state index in [1.165, 1.54) is 12.1 Å². The first-order valence-corrected chi connectivity index (χ1v) is 10.9. The summed E-state index contributed by atoms with van der Waals surface area (Å²) in [6.45, 7) is 4.87. The number of aryl methyl sites for hydroxylation is 1. The van der Waals surface area contributed by atoms with Crippen molar-refractivity contribution in [2.24, 2.45) is 5.92 Å². The molecule has 2 aromatic carbocycles. The lowest BCUT2D eigenvalue weighted by molar-refractivity contribution is -0.137. The number of carbonyl (C=O) groups is 2. The maximum Gasteiger partial charge on any atom is 0.253 e. The number of hydrogen-bond donors (Lipinski definition) is 0. The molecule has 1 unspecified atom stereocenters. The van der Waals surface area contributed by atoms with Crippen molar-refractivity contribution in [3.8, 4) is 0 Å². The van der Waals surface area contributed by atoms with Gasteiger partial charge in [-0.25, -0.2) is 4.39 Å². The van der Waals surface area contributed by atoms with Crippen molar-refractivity contribution in [1.82, 2.24) is 14.7 Å². The van der Waals surface area contributed by atoms with Crippen molar-refractivity contribution >= 4 is 11.8 Å². The van der Waals surface area contributed by atoms with Crippen LogP contribution in [-0.2, 0) is 11.3 Å². The van der Waals surface area contributed by atoms with Gasteiger partial charge in [-0.05, 0) is 63.7 Å². The maximum atomic E-state index is 13.4. The minimum absolute atomic E-state index is 0.0177. The van der Waals surface area contributed by atoms with Gasteiger partial charge in [0.05, 0.1) is 5.92 Å². The molecule has 31 heavy (non-hydrogen) atoms. The Morgan fingerprint density at radius 1 is 1.03 bits per heavy atom. The number of likely N-dealkylation sites (tertiary alicyclic amines) is 1. The molecule has 3 rings (SSSR count). The third kappa shape index (κ3) is 6.37. The second-order valence-electron chi connectivity index (χ2n) is 8.65. The van der Waals surface area contributed by atoms with Crippen LogP contribution in [0, 0.1) is 18.7 Å². The van der Waals surface area contributed by atoms with Crippen LogP contribution in [0.15, 0.2) is 48.5 Å². The lowest BCUT2D eigenvalue weighted by Crippen LogP contribution is -2.47. The number of rotatable bonds is 7. The molecule has 1 saturated heterocycles. The van der Waals surface area contributed by atoms with E-state index in [0.29, 0.717) is 31.7 Å². The van der Waals surface area contributed by atoms with Crippen LogP contribution in [0.5, 0.6) is 0 Å². The SMILES string of the molecule is Cc1ccc(C(=O)N2CCCC(C(=O)N(CCN(C)C)Cc3ccc(F)cc3)C2)cc1. The third-order valence-corrected chi connectivity index (χ3v) is 5.77. The topological polar surface area (TPSA) is 43.9 Å². The lowest BCUT2D eigenvalue weighted by atomic mass is 9.95. The standard InChI is InChI=1S/C25H32FN3O2/c1-19-6-10-21(11-7-19)24(30)28-14-4-5-22(18-28)25(31)29(16-15-27(2)3)17-20-8-12-23(26)13-9-20/h6-13,22H,4-5,14-18H2,1-3H3. The summed E-state index contributed by atoms with van der Waals surface area (Å²) in [4.78, 5) is 32.1. The number of piperidine rings is 1. The fraction of sp³-hybridized carbons (Fsp3) is 0.440. The van der Waals surface area contributed by atoms with Crippen molar-refractivity contribution in [2.75, 3.05) is 40.3 Å². The van der Waals surface area contributed by atoms with Gasteiger partial charge >= 0.3 is 0 Å². The van der Waals surface area contributed by atoms with Crippen molar-refractivity contribution in [3.63, 3.8) is 0 Å². The molecule has 0 bridgehead atoms. The molecule has 166 valence electrons. The zero-order chi connectivity index (χ0) is 22.4. The number of benzene rings is 2. The van der Waals surface area contributed by atoms with E-state index in [0.717, 1.165) is 30.5 Å². The smallest absolute Gasteiger partial charge is 0.253 e. The van der Waals surface area contributed by atoms with Gasteiger partial charge < -0.3 is 14.7 Å². The molecule has 0 N–H and O–H groups in total. The summed E-state index contributed by atoms with van der Waals surface area (Å²) in [6, 6.07) is 13.9. The quantitative estimate of drug-likeness (QED) is 0.681. The molecule has 5 nitrogen and oxygen atoms in total. The van der Waals surface area contributed by atoms with E-state index in [1.807, 2.05) is 55.1 Å². The number of halogens is 1. The van der Waals surface area contributed by atoms with Gasteiger partial charge in [0.1, 0.15) is 5.82 Å². The normalized spacial score (nSPS) is 16.4. The summed E-state index contributed by atoms with van der Waals surface area (Å²) in [5.41, 5.74) is 2.67. The first kappa shape index (κ1) is 22.9. The average Bonchev–Trinajstić information content (AvgIpc) is 2.77. The van der Waals surface area contributed by atoms with Crippen molar-refractivity contribution in [1.29, 1.82) is 0 Å². The Balaban J connectivity index is 1.70. The van der Waals surface area contributed by atoms with Crippen LogP contribution in [0.4, 0.5) is 4.39 Å². The van der Waals surface area contributed by atoms with Gasteiger partial charge in [0.15, 0.2) is 0 Å². The molecule has 1 atom stereocenters. The van der Waals surface area contributed by atoms with Gasteiger partial charge in [0.2, 0.25) is 5.91 Å². The summed E-state index contributed by atoms with van der Waals surface area (Å²) in [5.74, 6) is -0.457. The Morgan fingerprint density at radius 2 is 1.71 bits per heavy atom. The Kier molecular flexibility index (Phi) is 7.80. The van der Waals surface area contributed by atoms with E-state index in [9.17, 15) is 14.0 Å². The highest BCUT2D eigenvalue weighted by Gasteiger charge is 2.31. The van der Waals surface area contributed by atoms with Crippen LogP contribution in [0.25, 0.3) is 0 Å². The van der Waals surface area contributed by atoms with Crippen LogP contribution in [0.3, 0.4) is 0 Å². The molecule has 2 aromatic rings. The monoisotopic (exact) mass is 425 g/mol. The van der Waals surface area contributed by atoms with Crippen LogP contribution in [-0.4, -0.2) is 66.8 Å². The van der Waals surface area contributed by atoms with E-state index in [4.69, 9.17) is 0 Å². The van der Waals surface area contributed by atoms with Crippen molar-refractivity contribution in [3.05, 3.63) is 71.0 Å². The zero-order valence-electron chi connectivity index (χ0n) is 18.7. The molecule has 1 aliphatic heterocycles. The van der Waals surface area contributed by atoms with Gasteiger partial charge in [-0.3, -0.25) is 9.59 Å². The predicted molar refractivity (Wildman–Crippen MR) is 120 cm³/mol. The molecular formula is C25H32FN3O2. The first-order chi connectivity index (χ1) is 14.8. The number of carbonyl (C=O) groups excluding carboxylic acids is 2. The second kappa shape index (κ2) is 10.5. The molecule has 1 aliphatic rings. The highest BCUT2D eigenvalue weighted by atomic mass is 19.1. The van der Waals surface area contributed by atoms with E-state index in [1.54, 1.807) is 17.0 Å². The molecule has 0 aliphatic carbocycles. The van der Waals surface area contributed by atoms with Gasteiger partial charge in [-0.1, -0.05) is 29.8 Å². The van der Waals surface area contributed by atoms with Gasteiger partial charge in [-0.15, -0.1) is 0 Å². The van der Waals surface area contributed by atoms with E-state index in [2.05, 4.69) is 0 Å². The summed E-state index contributed by atoms with van der Waals surface area (Å²) < 4.78 is 13.3. The molecule has 2 amide bonds. The largest absolute Gasteiger partial charge is 0.338 e. The highest BCUT2D eigenvalue weighted by Crippen LogP contribution is 2.22. The van der Waals surface area contributed by atoms with Gasteiger partial charge in [0, 0.05) is 38.3 Å². The van der Waals surface area contributed by atoms with E-state index in [-0.39, 0.29) is 23.5 Å². The van der Waals surface area contributed by atoms with Crippen LogP contribution >= 0.6 is 0 Å². The molecule has 0 spiro atoms. The van der Waals surface area contributed by atoms with Crippen LogP contribution in [0.2, 0.25) is 0 Å². The predicted octanol–water partition coefficient (Wildman–Crippen LogP) is 3.58.